The van der Waals surface area contributed by atoms with Crippen LogP contribution in [0, 0.1) is 13.8 Å². The third-order valence-electron chi connectivity index (χ3n) is 4.82. The van der Waals surface area contributed by atoms with Crippen molar-refractivity contribution < 1.29 is 18.7 Å². The number of aryl methyl sites for hydroxylation is 1. The van der Waals surface area contributed by atoms with Crippen molar-refractivity contribution in [3.05, 3.63) is 64.1 Å². The second-order valence-corrected chi connectivity index (χ2v) is 6.82. The Balaban J connectivity index is 1.63. The van der Waals surface area contributed by atoms with Crippen LogP contribution < -0.4 is 21.3 Å². The zero-order valence-electron chi connectivity index (χ0n) is 16.7. The van der Waals surface area contributed by atoms with Crippen LogP contribution in [0.4, 0.5) is 0 Å². The van der Waals surface area contributed by atoms with Gasteiger partial charge in [0.25, 0.3) is 11.8 Å². The Kier molecular flexibility index (Phi) is 5.72. The lowest BCUT2D eigenvalue weighted by Crippen LogP contribution is -2.49. The van der Waals surface area contributed by atoms with E-state index in [9.17, 15) is 14.4 Å². The number of carbonyl (C=O) groups is 2. The van der Waals surface area contributed by atoms with Crippen LogP contribution in [0.1, 0.15) is 31.0 Å². The largest absolute Gasteiger partial charge is 0.481 e. The van der Waals surface area contributed by atoms with Crippen LogP contribution in [-0.2, 0) is 9.59 Å². The number of amides is 2. The minimum atomic E-state index is -0.887. The zero-order valence-corrected chi connectivity index (χ0v) is 16.7. The molecule has 3 aromatic rings. The number of para-hydroxylation sites is 2. The molecule has 2 aromatic carbocycles. The Morgan fingerprint density at radius 1 is 1.00 bits per heavy atom. The van der Waals surface area contributed by atoms with Crippen LogP contribution in [-0.4, -0.2) is 22.5 Å². The molecule has 8 nitrogen and oxygen atoms in total. The molecule has 2 atom stereocenters. The lowest BCUT2D eigenvalue weighted by molar-refractivity contribution is -0.133. The SMILES string of the molecule is Cc1cccc(OC(C)C(=O)NNC(=O)C(C)n2c(=O)oc3ccccc32)c1C. The Labute approximate surface area is 167 Å². The lowest BCUT2D eigenvalue weighted by atomic mass is 10.1. The summed E-state index contributed by atoms with van der Waals surface area (Å²) in [5.74, 6) is -1.13. The first-order chi connectivity index (χ1) is 13.8. The number of ether oxygens (including phenoxy) is 1. The summed E-state index contributed by atoms with van der Waals surface area (Å²) < 4.78 is 12.1. The van der Waals surface area contributed by atoms with Gasteiger partial charge in [-0.3, -0.25) is 25.0 Å². The second-order valence-electron chi connectivity index (χ2n) is 6.82. The van der Waals surface area contributed by atoms with Gasteiger partial charge in [-0.2, -0.15) is 0 Å². The van der Waals surface area contributed by atoms with E-state index in [1.54, 1.807) is 44.2 Å². The third-order valence-corrected chi connectivity index (χ3v) is 4.82. The third kappa shape index (κ3) is 4.16. The average molecular weight is 397 g/mol. The number of carbonyl (C=O) groups excluding carboxylic acids is 2. The van der Waals surface area contributed by atoms with Gasteiger partial charge in [0.15, 0.2) is 11.7 Å². The number of hydrogen-bond donors (Lipinski definition) is 2. The summed E-state index contributed by atoms with van der Waals surface area (Å²) in [6.07, 6.45) is -0.830. The molecule has 2 N–H and O–H groups in total. The predicted octanol–water partition coefficient (Wildman–Crippen LogP) is 2.39. The van der Waals surface area contributed by atoms with Gasteiger partial charge < -0.3 is 9.15 Å². The Bertz CT molecular complexity index is 1110. The molecule has 0 radical (unpaired) electrons. The topological polar surface area (TPSA) is 103 Å². The second kappa shape index (κ2) is 8.22. The molecule has 8 heteroatoms. The number of nitrogens with zero attached hydrogens (tertiary/aromatic N) is 1. The predicted molar refractivity (Wildman–Crippen MR) is 107 cm³/mol. The van der Waals surface area contributed by atoms with Crippen molar-refractivity contribution in [2.24, 2.45) is 0 Å². The van der Waals surface area contributed by atoms with Gasteiger partial charge in [0.05, 0.1) is 5.52 Å². The van der Waals surface area contributed by atoms with E-state index in [1.165, 1.54) is 4.57 Å². The molecule has 29 heavy (non-hydrogen) atoms. The monoisotopic (exact) mass is 397 g/mol. The van der Waals surface area contributed by atoms with Crippen molar-refractivity contribution in [2.75, 3.05) is 0 Å². The van der Waals surface area contributed by atoms with Gasteiger partial charge >= 0.3 is 5.76 Å². The maximum absolute atomic E-state index is 12.5. The summed E-state index contributed by atoms with van der Waals surface area (Å²) in [4.78, 5) is 36.9. The van der Waals surface area contributed by atoms with E-state index in [2.05, 4.69) is 10.9 Å². The first kappa shape index (κ1) is 20.2. The normalized spacial score (nSPS) is 13.0. The molecule has 0 aliphatic heterocycles. The van der Waals surface area contributed by atoms with Crippen LogP contribution in [0.3, 0.4) is 0 Å². The van der Waals surface area contributed by atoms with Crippen molar-refractivity contribution in [3.63, 3.8) is 0 Å². The molecule has 0 saturated carbocycles. The molecule has 0 bridgehead atoms. The summed E-state index contributed by atoms with van der Waals surface area (Å²) in [5, 5.41) is 0. The smallest absolute Gasteiger partial charge is 0.420 e. The summed E-state index contributed by atoms with van der Waals surface area (Å²) in [6.45, 7) is 6.99. The Morgan fingerprint density at radius 2 is 1.69 bits per heavy atom. The molecule has 0 saturated heterocycles. The van der Waals surface area contributed by atoms with E-state index in [-0.39, 0.29) is 0 Å². The number of hydrogen-bond acceptors (Lipinski definition) is 5. The molecular formula is C21H23N3O5. The van der Waals surface area contributed by atoms with Crippen LogP contribution >= 0.6 is 0 Å². The van der Waals surface area contributed by atoms with E-state index in [0.29, 0.717) is 16.8 Å². The van der Waals surface area contributed by atoms with Crippen LogP contribution in [0.5, 0.6) is 5.75 Å². The van der Waals surface area contributed by atoms with E-state index in [0.717, 1.165) is 11.1 Å². The summed E-state index contributed by atoms with van der Waals surface area (Å²) in [6, 6.07) is 11.5. The molecule has 2 amide bonds. The van der Waals surface area contributed by atoms with Gasteiger partial charge in [-0.05, 0) is 57.0 Å². The fourth-order valence-corrected chi connectivity index (χ4v) is 2.89. The number of hydrazine groups is 1. The highest BCUT2D eigenvalue weighted by molar-refractivity contribution is 5.87. The molecule has 2 unspecified atom stereocenters. The molecule has 152 valence electrons. The maximum atomic E-state index is 12.5. The standard InChI is InChI=1S/C21H23N3O5/c1-12-8-7-11-17(13(12)2)28-15(4)20(26)23-22-19(25)14(3)24-16-9-5-6-10-18(16)29-21(24)27/h5-11,14-15H,1-4H3,(H,22,25)(H,23,26). The van der Waals surface area contributed by atoms with Crippen LogP contribution in [0.15, 0.2) is 51.7 Å². The molecule has 0 aliphatic rings. The fourth-order valence-electron chi connectivity index (χ4n) is 2.89. The molecule has 3 rings (SSSR count). The number of aromatic nitrogens is 1. The summed E-state index contributed by atoms with van der Waals surface area (Å²) in [7, 11) is 0. The van der Waals surface area contributed by atoms with Crippen molar-refractivity contribution in [3.8, 4) is 5.75 Å². The number of rotatable bonds is 5. The van der Waals surface area contributed by atoms with Gasteiger partial charge in [0.2, 0.25) is 0 Å². The van der Waals surface area contributed by atoms with E-state index >= 15 is 0 Å². The van der Waals surface area contributed by atoms with Crippen molar-refractivity contribution in [1.82, 2.24) is 15.4 Å². The fraction of sp³-hybridized carbons (Fsp3) is 0.286. The summed E-state index contributed by atoms with van der Waals surface area (Å²) >= 11 is 0. The average Bonchev–Trinajstić information content (AvgIpc) is 3.04. The highest BCUT2D eigenvalue weighted by atomic mass is 16.5. The Morgan fingerprint density at radius 3 is 2.45 bits per heavy atom. The van der Waals surface area contributed by atoms with Crippen LogP contribution in [0.2, 0.25) is 0 Å². The minimum absolute atomic E-state index is 0.386. The van der Waals surface area contributed by atoms with Crippen molar-refractivity contribution in [2.45, 2.75) is 39.8 Å². The number of benzene rings is 2. The van der Waals surface area contributed by atoms with Gasteiger partial charge in [-0.1, -0.05) is 24.3 Å². The van der Waals surface area contributed by atoms with Crippen LogP contribution in [0.25, 0.3) is 11.1 Å². The van der Waals surface area contributed by atoms with E-state index < -0.39 is 29.7 Å². The molecule has 1 aromatic heterocycles. The van der Waals surface area contributed by atoms with Gasteiger partial charge in [-0.25, -0.2) is 4.79 Å². The first-order valence-electron chi connectivity index (χ1n) is 9.22. The first-order valence-corrected chi connectivity index (χ1v) is 9.22. The number of oxazole rings is 1. The van der Waals surface area contributed by atoms with E-state index in [1.807, 2.05) is 26.0 Å². The highest BCUT2D eigenvalue weighted by Gasteiger charge is 2.23. The zero-order chi connectivity index (χ0) is 21.1. The molecule has 0 fully saturated rings. The Hall–Kier alpha value is -3.55. The molecule has 0 aliphatic carbocycles. The lowest BCUT2D eigenvalue weighted by Gasteiger charge is -2.18. The number of nitrogens with one attached hydrogen (secondary N) is 2. The minimum Gasteiger partial charge on any atom is -0.481 e. The van der Waals surface area contributed by atoms with Gasteiger partial charge in [0.1, 0.15) is 11.8 Å². The molecule has 0 spiro atoms. The van der Waals surface area contributed by atoms with Gasteiger partial charge in [0, 0.05) is 0 Å². The maximum Gasteiger partial charge on any atom is 0.420 e. The highest BCUT2D eigenvalue weighted by Crippen LogP contribution is 2.21. The van der Waals surface area contributed by atoms with Crippen molar-refractivity contribution >= 4 is 22.9 Å². The van der Waals surface area contributed by atoms with Gasteiger partial charge in [-0.15, -0.1) is 0 Å². The van der Waals surface area contributed by atoms with Crippen molar-refractivity contribution in [1.29, 1.82) is 0 Å². The quantitative estimate of drug-likeness (QED) is 0.644. The summed E-state index contributed by atoms with van der Waals surface area (Å²) in [5.41, 5.74) is 7.55. The van der Waals surface area contributed by atoms with E-state index in [4.69, 9.17) is 9.15 Å². The molecule has 1 heterocycles. The number of fused-ring (bicyclic) bond motifs is 1. The molecular weight excluding hydrogens is 374 g/mol.